The minimum Gasteiger partial charge on any atom is -0.375 e. The molecule has 118 valence electrons. The maximum atomic E-state index is 13.1. The molecule has 0 bridgehead atoms. The Morgan fingerprint density at radius 3 is 2.75 bits per heavy atom. The van der Waals surface area contributed by atoms with E-state index >= 15 is 0 Å². The molecule has 3 aromatic heterocycles. The van der Waals surface area contributed by atoms with Gasteiger partial charge in [0.1, 0.15) is 16.2 Å². The summed E-state index contributed by atoms with van der Waals surface area (Å²) in [6.45, 7) is 1.97. The highest BCUT2D eigenvalue weighted by Crippen LogP contribution is 2.31. The number of hydrogen-bond donors (Lipinski definition) is 1. The van der Waals surface area contributed by atoms with Crippen molar-refractivity contribution in [3.05, 3.63) is 71.0 Å². The molecule has 2 N–H and O–H groups in total. The Hall–Kier alpha value is -2.99. The first-order valence-corrected chi connectivity index (χ1v) is 8.26. The number of carbonyl (C=O) groups excluding carboxylic acids is 1. The number of thiazole rings is 1. The van der Waals surface area contributed by atoms with E-state index in [0.717, 1.165) is 16.8 Å². The van der Waals surface area contributed by atoms with Gasteiger partial charge in [0.15, 0.2) is 5.13 Å². The van der Waals surface area contributed by atoms with Crippen molar-refractivity contribution in [2.75, 3.05) is 5.73 Å². The van der Waals surface area contributed by atoms with Gasteiger partial charge in [-0.25, -0.2) is 9.97 Å². The number of pyridine rings is 1. The van der Waals surface area contributed by atoms with E-state index in [1.165, 1.54) is 11.3 Å². The summed E-state index contributed by atoms with van der Waals surface area (Å²) in [5.41, 5.74) is 9.67. The number of fused-ring (bicyclic) bond motifs is 1. The third-order valence-electron chi connectivity index (χ3n) is 3.86. The molecule has 1 aromatic carbocycles. The number of anilines is 1. The zero-order valence-electron chi connectivity index (χ0n) is 12.9. The van der Waals surface area contributed by atoms with Crippen LogP contribution in [0.15, 0.2) is 54.9 Å². The van der Waals surface area contributed by atoms with Gasteiger partial charge in [-0.2, -0.15) is 0 Å². The number of aromatic nitrogens is 3. The highest BCUT2D eigenvalue weighted by Gasteiger charge is 2.22. The number of nitrogen functional groups attached to an aromatic ring is 1. The quantitative estimate of drug-likeness (QED) is 0.581. The molecular weight excluding hydrogens is 320 g/mol. The standard InChI is InChI=1S/C18H14N4OS/c1-11-6-5-9-22-13(10-20-17(11)22)15(23)16-14(21-18(19)24-16)12-7-3-2-4-8-12/h2-10H,1H3,(H2,19,21). The molecule has 5 nitrogen and oxygen atoms in total. The minimum absolute atomic E-state index is 0.124. The van der Waals surface area contributed by atoms with Crippen molar-refractivity contribution in [3.8, 4) is 11.3 Å². The Balaban J connectivity index is 1.87. The molecule has 4 rings (SSSR count). The maximum Gasteiger partial charge on any atom is 0.223 e. The zero-order valence-corrected chi connectivity index (χ0v) is 13.7. The second-order valence-corrected chi connectivity index (χ2v) is 6.48. The summed E-state index contributed by atoms with van der Waals surface area (Å²) in [5.74, 6) is -0.124. The molecule has 0 radical (unpaired) electrons. The lowest BCUT2D eigenvalue weighted by atomic mass is 10.1. The molecule has 0 unspecified atom stereocenters. The first-order chi connectivity index (χ1) is 11.6. The third kappa shape index (κ3) is 2.28. The fourth-order valence-electron chi connectivity index (χ4n) is 2.72. The van der Waals surface area contributed by atoms with E-state index in [1.54, 1.807) is 6.20 Å². The summed E-state index contributed by atoms with van der Waals surface area (Å²) in [7, 11) is 0. The molecule has 0 aliphatic heterocycles. The summed E-state index contributed by atoms with van der Waals surface area (Å²) >= 11 is 1.20. The Bertz CT molecular complexity index is 1050. The van der Waals surface area contributed by atoms with Crippen LogP contribution in [-0.2, 0) is 0 Å². The summed E-state index contributed by atoms with van der Waals surface area (Å²) < 4.78 is 1.81. The fourth-order valence-corrected chi connectivity index (χ4v) is 3.52. The second-order valence-electron chi connectivity index (χ2n) is 5.45. The lowest BCUT2D eigenvalue weighted by Crippen LogP contribution is -2.05. The average molecular weight is 334 g/mol. The minimum atomic E-state index is -0.124. The Kier molecular flexibility index (Phi) is 3.39. The molecule has 0 saturated carbocycles. The predicted octanol–water partition coefficient (Wildman–Crippen LogP) is 3.58. The average Bonchev–Trinajstić information content (AvgIpc) is 3.20. The SMILES string of the molecule is Cc1cccn2c(C(=O)c3sc(N)nc3-c3ccccc3)cnc12. The van der Waals surface area contributed by atoms with Crippen LogP contribution in [0.4, 0.5) is 5.13 Å². The maximum absolute atomic E-state index is 13.1. The number of nitrogens with two attached hydrogens (primary N) is 1. The molecule has 3 heterocycles. The molecule has 4 aromatic rings. The molecule has 6 heteroatoms. The van der Waals surface area contributed by atoms with Crippen LogP contribution in [0.25, 0.3) is 16.9 Å². The van der Waals surface area contributed by atoms with Gasteiger partial charge in [0, 0.05) is 11.8 Å². The second kappa shape index (κ2) is 5.58. The van der Waals surface area contributed by atoms with Crippen molar-refractivity contribution in [2.24, 2.45) is 0 Å². The molecule has 0 fully saturated rings. The Morgan fingerprint density at radius 2 is 1.96 bits per heavy atom. The Morgan fingerprint density at radius 1 is 1.17 bits per heavy atom. The van der Waals surface area contributed by atoms with Gasteiger partial charge in [0.25, 0.3) is 0 Å². The summed E-state index contributed by atoms with van der Waals surface area (Å²) in [6.07, 6.45) is 3.45. The molecular formula is C18H14N4OS. The number of aryl methyl sites for hydroxylation is 1. The van der Waals surface area contributed by atoms with E-state index in [9.17, 15) is 4.79 Å². The van der Waals surface area contributed by atoms with Crippen LogP contribution >= 0.6 is 11.3 Å². The monoisotopic (exact) mass is 334 g/mol. The normalized spacial score (nSPS) is 11.0. The van der Waals surface area contributed by atoms with Gasteiger partial charge >= 0.3 is 0 Å². The van der Waals surface area contributed by atoms with Crippen molar-refractivity contribution in [3.63, 3.8) is 0 Å². The van der Waals surface area contributed by atoms with Gasteiger partial charge in [0.05, 0.1) is 11.9 Å². The van der Waals surface area contributed by atoms with Gasteiger partial charge < -0.3 is 5.73 Å². The van der Waals surface area contributed by atoms with E-state index in [2.05, 4.69) is 9.97 Å². The van der Waals surface area contributed by atoms with E-state index < -0.39 is 0 Å². The van der Waals surface area contributed by atoms with Crippen molar-refractivity contribution in [2.45, 2.75) is 6.92 Å². The van der Waals surface area contributed by atoms with Crippen LogP contribution in [0.1, 0.15) is 20.9 Å². The largest absolute Gasteiger partial charge is 0.375 e. The lowest BCUT2D eigenvalue weighted by Gasteiger charge is -2.03. The summed E-state index contributed by atoms with van der Waals surface area (Å²) in [5, 5.41) is 0.377. The Labute approximate surface area is 142 Å². The molecule has 0 atom stereocenters. The van der Waals surface area contributed by atoms with Gasteiger partial charge in [0.2, 0.25) is 5.78 Å². The number of carbonyl (C=O) groups is 1. The van der Waals surface area contributed by atoms with Crippen LogP contribution in [0.5, 0.6) is 0 Å². The summed E-state index contributed by atoms with van der Waals surface area (Å²) in [6, 6.07) is 13.5. The first-order valence-electron chi connectivity index (χ1n) is 7.44. The van der Waals surface area contributed by atoms with E-state index in [-0.39, 0.29) is 5.78 Å². The van der Waals surface area contributed by atoms with Crippen molar-refractivity contribution in [1.29, 1.82) is 0 Å². The molecule has 24 heavy (non-hydrogen) atoms. The molecule has 0 aliphatic rings. The van der Waals surface area contributed by atoms with Gasteiger partial charge in [-0.05, 0) is 18.6 Å². The third-order valence-corrected chi connectivity index (χ3v) is 4.74. The van der Waals surface area contributed by atoms with Crippen LogP contribution in [0, 0.1) is 6.92 Å². The number of hydrogen-bond acceptors (Lipinski definition) is 5. The van der Waals surface area contributed by atoms with Crippen molar-refractivity contribution < 1.29 is 4.79 Å². The van der Waals surface area contributed by atoms with E-state index in [1.807, 2.05) is 60.0 Å². The van der Waals surface area contributed by atoms with Gasteiger partial charge in [-0.15, -0.1) is 0 Å². The molecule has 0 spiro atoms. The predicted molar refractivity (Wildman–Crippen MR) is 95.3 cm³/mol. The number of benzene rings is 1. The van der Waals surface area contributed by atoms with Crippen LogP contribution in [0.2, 0.25) is 0 Å². The van der Waals surface area contributed by atoms with Crippen molar-refractivity contribution in [1.82, 2.24) is 14.4 Å². The number of rotatable bonds is 3. The number of imidazole rings is 1. The van der Waals surface area contributed by atoms with Gasteiger partial charge in [-0.3, -0.25) is 9.20 Å². The highest BCUT2D eigenvalue weighted by atomic mass is 32.1. The number of nitrogens with zero attached hydrogens (tertiary/aromatic N) is 3. The summed E-state index contributed by atoms with van der Waals surface area (Å²) in [4.78, 5) is 22.3. The van der Waals surface area contributed by atoms with E-state index in [4.69, 9.17) is 5.73 Å². The fraction of sp³-hybridized carbons (Fsp3) is 0.0556. The van der Waals surface area contributed by atoms with Crippen LogP contribution in [-0.4, -0.2) is 20.2 Å². The first kappa shape index (κ1) is 14.6. The number of ketones is 1. The smallest absolute Gasteiger partial charge is 0.223 e. The molecule has 0 amide bonds. The zero-order chi connectivity index (χ0) is 16.7. The molecule has 0 saturated heterocycles. The van der Waals surface area contributed by atoms with E-state index in [0.29, 0.717) is 21.4 Å². The lowest BCUT2D eigenvalue weighted by molar-refractivity contribution is 0.103. The van der Waals surface area contributed by atoms with Crippen LogP contribution in [0.3, 0.4) is 0 Å². The highest BCUT2D eigenvalue weighted by molar-refractivity contribution is 7.18. The van der Waals surface area contributed by atoms with Crippen molar-refractivity contribution >= 4 is 27.9 Å². The van der Waals surface area contributed by atoms with Gasteiger partial charge in [-0.1, -0.05) is 47.7 Å². The van der Waals surface area contributed by atoms with Crippen LogP contribution < -0.4 is 5.73 Å². The topological polar surface area (TPSA) is 73.3 Å². The molecule has 0 aliphatic carbocycles.